The lowest BCUT2D eigenvalue weighted by molar-refractivity contribution is -0.116. The first-order chi connectivity index (χ1) is 15.6. The summed E-state index contributed by atoms with van der Waals surface area (Å²) in [5.41, 5.74) is 2.88. The van der Waals surface area contributed by atoms with Gasteiger partial charge in [-0.1, -0.05) is 6.07 Å². The van der Waals surface area contributed by atoms with Gasteiger partial charge < -0.3 is 14.2 Å². The van der Waals surface area contributed by atoms with Gasteiger partial charge in [0, 0.05) is 17.4 Å². The Balaban J connectivity index is 1.41. The predicted octanol–water partition coefficient (Wildman–Crippen LogP) is 4.45. The lowest BCUT2D eigenvalue weighted by atomic mass is 10.1. The Labute approximate surface area is 189 Å². The van der Waals surface area contributed by atoms with Crippen LogP contribution in [0.15, 0.2) is 47.8 Å². The van der Waals surface area contributed by atoms with Crippen LogP contribution in [0.5, 0.6) is 17.2 Å². The van der Waals surface area contributed by atoms with E-state index in [2.05, 4.69) is 15.4 Å². The largest absolute Gasteiger partial charge is 0.497 e. The zero-order valence-electron chi connectivity index (χ0n) is 18.1. The molecule has 0 fully saturated rings. The van der Waals surface area contributed by atoms with E-state index in [4.69, 9.17) is 14.2 Å². The smallest absolute Gasteiger partial charge is 0.250 e. The van der Waals surface area contributed by atoms with Crippen molar-refractivity contribution < 1.29 is 19.0 Å². The molecule has 4 aromatic rings. The summed E-state index contributed by atoms with van der Waals surface area (Å²) in [6, 6.07) is 13.4. The van der Waals surface area contributed by atoms with Crippen LogP contribution in [0.1, 0.15) is 18.9 Å². The number of carbonyl (C=O) groups excluding carboxylic acids is 1. The molecule has 9 heteroatoms. The third-order valence-corrected chi connectivity index (χ3v) is 5.70. The Morgan fingerprint density at radius 3 is 2.62 bits per heavy atom. The molecule has 0 bridgehead atoms. The number of rotatable bonds is 9. The first kappa shape index (κ1) is 21.6. The third kappa shape index (κ3) is 4.67. The van der Waals surface area contributed by atoms with E-state index >= 15 is 0 Å². The van der Waals surface area contributed by atoms with Crippen LogP contribution in [0.3, 0.4) is 0 Å². The van der Waals surface area contributed by atoms with Gasteiger partial charge in [-0.3, -0.25) is 10.1 Å². The van der Waals surface area contributed by atoms with Gasteiger partial charge in [-0.15, -0.1) is 16.4 Å². The fourth-order valence-electron chi connectivity index (χ4n) is 3.28. The van der Waals surface area contributed by atoms with Crippen LogP contribution >= 0.6 is 11.3 Å². The molecule has 4 rings (SSSR count). The summed E-state index contributed by atoms with van der Waals surface area (Å²) in [4.78, 5) is 17.6. The van der Waals surface area contributed by atoms with Crippen LogP contribution in [0.25, 0.3) is 16.2 Å². The van der Waals surface area contributed by atoms with Gasteiger partial charge >= 0.3 is 0 Å². The number of thiazole rings is 1. The number of amides is 1. The second-order valence-corrected chi connectivity index (χ2v) is 7.78. The minimum Gasteiger partial charge on any atom is -0.497 e. The van der Waals surface area contributed by atoms with Crippen LogP contribution in [-0.4, -0.2) is 41.3 Å². The summed E-state index contributed by atoms with van der Waals surface area (Å²) < 4.78 is 17.9. The molecule has 2 heterocycles. The molecule has 0 aliphatic rings. The average molecular weight is 453 g/mol. The fourth-order valence-corrected chi connectivity index (χ4v) is 4.11. The molecule has 0 saturated heterocycles. The van der Waals surface area contributed by atoms with Crippen molar-refractivity contribution in [1.82, 2.24) is 14.6 Å². The van der Waals surface area contributed by atoms with Gasteiger partial charge in [0.1, 0.15) is 5.75 Å². The maximum atomic E-state index is 12.5. The number of nitrogens with one attached hydrogen (secondary N) is 1. The number of carbonyl (C=O) groups is 1. The first-order valence-corrected chi connectivity index (χ1v) is 11.1. The molecule has 0 spiro atoms. The number of hydrogen-bond acceptors (Lipinski definition) is 7. The van der Waals surface area contributed by atoms with Crippen molar-refractivity contribution in [3.8, 4) is 28.5 Å². The summed E-state index contributed by atoms with van der Waals surface area (Å²) >= 11 is 1.47. The normalized spacial score (nSPS) is 10.8. The number of ether oxygens (including phenoxy) is 3. The number of aryl methyl sites for hydroxylation is 1. The molecule has 2 aromatic carbocycles. The maximum Gasteiger partial charge on any atom is 0.250 e. The van der Waals surface area contributed by atoms with Gasteiger partial charge in [-0.05, 0) is 55.3 Å². The van der Waals surface area contributed by atoms with E-state index in [9.17, 15) is 4.79 Å². The summed E-state index contributed by atoms with van der Waals surface area (Å²) in [7, 11) is 3.24. The van der Waals surface area contributed by atoms with Crippen molar-refractivity contribution in [3.63, 3.8) is 0 Å². The second kappa shape index (κ2) is 9.69. The van der Waals surface area contributed by atoms with Gasteiger partial charge in [0.15, 0.2) is 11.5 Å². The molecule has 32 heavy (non-hydrogen) atoms. The number of aromatic nitrogens is 3. The van der Waals surface area contributed by atoms with Crippen LogP contribution in [0.2, 0.25) is 0 Å². The van der Waals surface area contributed by atoms with E-state index in [0.717, 1.165) is 22.6 Å². The Hall–Kier alpha value is -3.59. The van der Waals surface area contributed by atoms with Crippen LogP contribution < -0.4 is 19.5 Å². The highest BCUT2D eigenvalue weighted by atomic mass is 32.1. The van der Waals surface area contributed by atoms with Gasteiger partial charge in [-0.2, -0.15) is 4.98 Å². The van der Waals surface area contributed by atoms with Gasteiger partial charge in [-0.25, -0.2) is 4.52 Å². The molecular formula is C23H24N4O4S. The Bertz CT molecular complexity index is 1220. The number of hydrogen-bond donors (Lipinski definition) is 1. The van der Waals surface area contributed by atoms with Crippen LogP contribution in [0, 0.1) is 0 Å². The number of anilines is 1. The molecule has 0 radical (unpaired) electrons. The predicted molar refractivity (Wildman–Crippen MR) is 124 cm³/mol. The summed E-state index contributed by atoms with van der Waals surface area (Å²) in [5, 5.41) is 9.24. The van der Waals surface area contributed by atoms with Crippen molar-refractivity contribution in [1.29, 1.82) is 0 Å². The van der Waals surface area contributed by atoms with E-state index in [-0.39, 0.29) is 5.91 Å². The third-order valence-electron chi connectivity index (χ3n) is 4.89. The SMILES string of the molecule is CCOc1ccc(CCC(=O)Nc2nc3scc(-c4ccc(OC)cc4)n3n2)cc1OC. The average Bonchev–Trinajstić information content (AvgIpc) is 3.39. The topological polar surface area (TPSA) is 87.0 Å². The van der Waals surface area contributed by atoms with E-state index < -0.39 is 0 Å². The highest BCUT2D eigenvalue weighted by Gasteiger charge is 2.14. The molecule has 166 valence electrons. The van der Waals surface area contributed by atoms with Crippen molar-refractivity contribution in [2.75, 3.05) is 26.1 Å². The van der Waals surface area contributed by atoms with Gasteiger partial charge in [0.25, 0.3) is 0 Å². The number of benzene rings is 2. The molecule has 0 aliphatic carbocycles. The highest BCUT2D eigenvalue weighted by Crippen LogP contribution is 2.29. The standard InChI is InChI=1S/C23H24N4O4S/c1-4-31-19-11-5-15(13-20(19)30-3)6-12-21(28)24-22-25-23-27(26-22)18(14-32-23)16-7-9-17(29-2)10-8-16/h5,7-11,13-14H,4,6,12H2,1-3H3,(H,24,26,28). The summed E-state index contributed by atoms with van der Waals surface area (Å²) in [5.74, 6) is 2.28. The van der Waals surface area contributed by atoms with E-state index in [1.807, 2.05) is 54.8 Å². The maximum absolute atomic E-state index is 12.5. The fraction of sp³-hybridized carbons (Fsp3) is 0.261. The Morgan fingerprint density at radius 1 is 1.09 bits per heavy atom. The Kier molecular flexibility index (Phi) is 6.55. The number of methoxy groups -OCH3 is 2. The molecule has 0 aliphatic heterocycles. The molecule has 8 nitrogen and oxygen atoms in total. The zero-order chi connectivity index (χ0) is 22.5. The van der Waals surface area contributed by atoms with E-state index in [1.165, 1.54) is 11.3 Å². The monoisotopic (exact) mass is 452 g/mol. The van der Waals surface area contributed by atoms with E-state index in [1.54, 1.807) is 18.7 Å². The molecule has 0 saturated carbocycles. The van der Waals surface area contributed by atoms with Crippen molar-refractivity contribution >= 4 is 28.2 Å². The molecule has 0 unspecified atom stereocenters. The minimum atomic E-state index is -0.151. The van der Waals surface area contributed by atoms with Gasteiger partial charge in [0.2, 0.25) is 16.8 Å². The lowest BCUT2D eigenvalue weighted by Gasteiger charge is -2.10. The number of fused-ring (bicyclic) bond motifs is 1. The molecule has 1 N–H and O–H groups in total. The second-order valence-electron chi connectivity index (χ2n) is 6.95. The lowest BCUT2D eigenvalue weighted by Crippen LogP contribution is -2.13. The number of nitrogens with zero attached hydrogens (tertiary/aromatic N) is 3. The zero-order valence-corrected chi connectivity index (χ0v) is 18.9. The van der Waals surface area contributed by atoms with Crippen LogP contribution in [0.4, 0.5) is 5.95 Å². The van der Waals surface area contributed by atoms with Crippen molar-refractivity contribution in [3.05, 3.63) is 53.4 Å². The molecule has 2 aromatic heterocycles. The highest BCUT2D eigenvalue weighted by molar-refractivity contribution is 7.15. The minimum absolute atomic E-state index is 0.151. The van der Waals surface area contributed by atoms with E-state index in [0.29, 0.717) is 41.9 Å². The molecule has 0 atom stereocenters. The Morgan fingerprint density at radius 2 is 1.91 bits per heavy atom. The van der Waals surface area contributed by atoms with Gasteiger partial charge in [0.05, 0.1) is 26.5 Å². The summed E-state index contributed by atoms with van der Waals surface area (Å²) in [6.07, 6.45) is 0.864. The van der Waals surface area contributed by atoms with Crippen LogP contribution in [-0.2, 0) is 11.2 Å². The first-order valence-electron chi connectivity index (χ1n) is 10.2. The molecule has 1 amide bonds. The quantitative estimate of drug-likeness (QED) is 0.404. The summed E-state index contributed by atoms with van der Waals surface area (Å²) in [6.45, 7) is 2.49. The van der Waals surface area contributed by atoms with Crippen molar-refractivity contribution in [2.24, 2.45) is 0 Å². The molecular weight excluding hydrogens is 428 g/mol. The van der Waals surface area contributed by atoms with Crippen molar-refractivity contribution in [2.45, 2.75) is 19.8 Å².